The topological polar surface area (TPSA) is 63.0 Å². The van der Waals surface area contributed by atoms with Crippen LogP contribution in [-0.4, -0.2) is 36.4 Å². The third-order valence-electron chi connectivity index (χ3n) is 5.41. The van der Waals surface area contributed by atoms with Crippen molar-refractivity contribution in [2.75, 3.05) is 19.6 Å². The molecule has 2 atom stereocenters. The van der Waals surface area contributed by atoms with E-state index in [0.717, 1.165) is 50.1 Å². The summed E-state index contributed by atoms with van der Waals surface area (Å²) in [7, 11) is 0. The van der Waals surface area contributed by atoms with Gasteiger partial charge in [0, 0.05) is 12.1 Å². The zero-order chi connectivity index (χ0) is 15.2. The first-order valence-electron chi connectivity index (χ1n) is 8.37. The van der Waals surface area contributed by atoms with Gasteiger partial charge in [-0.05, 0) is 50.3 Å². The van der Waals surface area contributed by atoms with Crippen molar-refractivity contribution in [1.82, 2.24) is 5.32 Å². The van der Waals surface area contributed by atoms with Gasteiger partial charge in [0.25, 0.3) is 0 Å². The first-order valence-corrected chi connectivity index (χ1v) is 8.37. The smallest absolute Gasteiger partial charge is 0.328 e. The first-order chi connectivity index (χ1) is 10.7. The number of carbonyl (C=O) groups is 1. The maximum atomic E-state index is 13.0. The van der Waals surface area contributed by atoms with Crippen LogP contribution in [0.15, 0.2) is 18.2 Å². The van der Waals surface area contributed by atoms with Gasteiger partial charge in [0.05, 0.1) is 19.0 Å². The molecule has 2 fully saturated rings. The van der Waals surface area contributed by atoms with Gasteiger partial charge in [-0.25, -0.2) is 0 Å². The summed E-state index contributed by atoms with van der Waals surface area (Å²) in [5.41, 5.74) is 0.155. The molecular weight excluding hydrogens is 280 g/mol. The molecule has 0 aromatic heterocycles. The molecule has 0 unspecified atom stereocenters. The van der Waals surface area contributed by atoms with Gasteiger partial charge in [-0.3, -0.25) is 9.69 Å². The number of amides is 1. The lowest BCUT2D eigenvalue weighted by Crippen LogP contribution is -3.23. The number of likely N-dealkylation sites (tertiary alicyclic amines) is 1. The minimum Gasteiger partial charge on any atom is -0.508 e. The molecule has 1 aromatic rings. The number of hydrogen-bond acceptors (Lipinski definition) is 3. The highest BCUT2D eigenvalue weighted by molar-refractivity contribution is 5.86. The highest BCUT2D eigenvalue weighted by Crippen LogP contribution is 2.46. The lowest BCUT2D eigenvalue weighted by Gasteiger charge is -2.39. The number of phenols is 1. The fraction of sp³-hybridized carbons (Fsp3) is 0.588. The highest BCUT2D eigenvalue weighted by Gasteiger charge is 2.62. The number of hydrogen-bond donors (Lipinski definition) is 3. The van der Waals surface area contributed by atoms with Gasteiger partial charge in [0.1, 0.15) is 11.5 Å². The van der Waals surface area contributed by atoms with E-state index in [1.54, 1.807) is 18.2 Å². The van der Waals surface area contributed by atoms with Gasteiger partial charge < -0.3 is 15.2 Å². The SMILES string of the molecule is O=C1NCCC[C@@H]2c3cc(O)ccc3O[C@@]12[NH+]1CCCCC1. The Hall–Kier alpha value is -1.75. The summed E-state index contributed by atoms with van der Waals surface area (Å²) in [6.45, 7) is 2.66. The standard InChI is InChI=1S/C17H22N2O3/c20-12-6-7-15-13(11-12)14-5-4-8-18-16(21)17(14,22-15)19-9-2-1-3-10-19/h6-7,11,14,20H,1-5,8-10H2,(H,18,21)/p+1/t14-,17-/m1/s1. The predicted molar refractivity (Wildman–Crippen MR) is 81.0 cm³/mol. The van der Waals surface area contributed by atoms with Crippen LogP contribution < -0.4 is 15.0 Å². The summed E-state index contributed by atoms with van der Waals surface area (Å²) in [4.78, 5) is 14.2. The molecule has 4 rings (SSSR count). The molecule has 5 heteroatoms. The zero-order valence-corrected chi connectivity index (χ0v) is 12.7. The Labute approximate surface area is 130 Å². The summed E-state index contributed by atoms with van der Waals surface area (Å²) in [5, 5.41) is 12.9. The van der Waals surface area contributed by atoms with Crippen LogP contribution in [0.25, 0.3) is 0 Å². The molecule has 2 saturated heterocycles. The minimum absolute atomic E-state index is 0.0163. The molecule has 0 saturated carbocycles. The van der Waals surface area contributed by atoms with Crippen LogP contribution in [0.3, 0.4) is 0 Å². The summed E-state index contributed by atoms with van der Waals surface area (Å²) in [5.74, 6) is 1.06. The van der Waals surface area contributed by atoms with Gasteiger partial charge in [0.15, 0.2) is 0 Å². The third kappa shape index (κ3) is 1.92. The van der Waals surface area contributed by atoms with Crippen LogP contribution in [0, 0.1) is 0 Å². The van der Waals surface area contributed by atoms with E-state index in [1.165, 1.54) is 11.3 Å². The molecule has 3 aliphatic rings. The zero-order valence-electron chi connectivity index (χ0n) is 12.7. The number of fused-ring (bicyclic) bond motifs is 3. The number of carbonyl (C=O) groups excluding carboxylic acids is 1. The van der Waals surface area contributed by atoms with Crippen LogP contribution in [0.1, 0.15) is 43.6 Å². The number of quaternary nitrogens is 1. The second-order valence-corrected chi connectivity index (χ2v) is 6.67. The third-order valence-corrected chi connectivity index (χ3v) is 5.41. The number of phenolic OH excluding ortho intramolecular Hbond substituents is 1. The van der Waals surface area contributed by atoms with E-state index < -0.39 is 5.72 Å². The van der Waals surface area contributed by atoms with Crippen molar-refractivity contribution >= 4 is 5.91 Å². The lowest BCUT2D eigenvalue weighted by atomic mass is 9.85. The Balaban J connectivity index is 1.82. The molecule has 3 heterocycles. The quantitative estimate of drug-likeness (QED) is 0.710. The molecule has 22 heavy (non-hydrogen) atoms. The number of ether oxygens (including phenoxy) is 1. The molecule has 0 spiro atoms. The maximum Gasteiger partial charge on any atom is 0.328 e. The summed E-state index contributed by atoms with van der Waals surface area (Å²) >= 11 is 0. The molecule has 0 bridgehead atoms. The molecule has 3 aliphatic heterocycles. The van der Waals surface area contributed by atoms with E-state index in [-0.39, 0.29) is 17.6 Å². The Morgan fingerprint density at radius 3 is 2.86 bits per heavy atom. The molecule has 1 amide bonds. The fourth-order valence-electron chi connectivity index (χ4n) is 4.40. The monoisotopic (exact) mass is 303 g/mol. The van der Waals surface area contributed by atoms with Gasteiger partial charge >= 0.3 is 11.6 Å². The van der Waals surface area contributed by atoms with Crippen LogP contribution in [0.4, 0.5) is 0 Å². The Kier molecular flexibility index (Phi) is 3.26. The van der Waals surface area contributed by atoms with Crippen LogP contribution in [0.2, 0.25) is 0 Å². The molecule has 1 aromatic carbocycles. The number of aromatic hydroxyl groups is 1. The summed E-state index contributed by atoms with van der Waals surface area (Å²) in [6.07, 6.45) is 5.38. The van der Waals surface area contributed by atoms with Crippen molar-refractivity contribution in [2.45, 2.75) is 43.7 Å². The maximum absolute atomic E-state index is 13.0. The Morgan fingerprint density at radius 1 is 1.23 bits per heavy atom. The molecule has 118 valence electrons. The number of rotatable bonds is 1. The Bertz CT molecular complexity index is 598. The average Bonchev–Trinajstić information content (AvgIpc) is 2.77. The van der Waals surface area contributed by atoms with Crippen molar-refractivity contribution in [3.05, 3.63) is 23.8 Å². The van der Waals surface area contributed by atoms with E-state index in [4.69, 9.17) is 4.74 Å². The van der Waals surface area contributed by atoms with Gasteiger partial charge in [-0.1, -0.05) is 0 Å². The lowest BCUT2D eigenvalue weighted by molar-refractivity contribution is -0.967. The van der Waals surface area contributed by atoms with Crippen molar-refractivity contribution < 1.29 is 19.5 Å². The fourth-order valence-corrected chi connectivity index (χ4v) is 4.40. The van der Waals surface area contributed by atoms with Crippen LogP contribution in [0.5, 0.6) is 11.5 Å². The molecule has 3 N–H and O–H groups in total. The van der Waals surface area contributed by atoms with Gasteiger partial charge in [0.2, 0.25) is 0 Å². The second kappa shape index (κ2) is 5.16. The van der Waals surface area contributed by atoms with E-state index in [0.29, 0.717) is 6.54 Å². The van der Waals surface area contributed by atoms with Crippen LogP contribution >= 0.6 is 0 Å². The van der Waals surface area contributed by atoms with Gasteiger partial charge in [-0.15, -0.1) is 0 Å². The largest absolute Gasteiger partial charge is 0.508 e. The summed E-state index contributed by atoms with van der Waals surface area (Å²) < 4.78 is 6.33. The molecule has 0 radical (unpaired) electrons. The minimum atomic E-state index is -0.840. The first kappa shape index (κ1) is 13.9. The average molecular weight is 303 g/mol. The van der Waals surface area contributed by atoms with Crippen molar-refractivity contribution in [3.8, 4) is 11.5 Å². The van der Waals surface area contributed by atoms with Crippen molar-refractivity contribution in [2.24, 2.45) is 0 Å². The molecular formula is C17H23N2O3+. The van der Waals surface area contributed by atoms with E-state index in [1.807, 2.05) is 0 Å². The number of benzene rings is 1. The molecule has 0 aliphatic carbocycles. The van der Waals surface area contributed by atoms with E-state index in [2.05, 4.69) is 5.32 Å². The Morgan fingerprint density at radius 2 is 2.05 bits per heavy atom. The summed E-state index contributed by atoms with van der Waals surface area (Å²) in [6, 6.07) is 5.22. The van der Waals surface area contributed by atoms with E-state index in [9.17, 15) is 9.90 Å². The van der Waals surface area contributed by atoms with Crippen LogP contribution in [-0.2, 0) is 4.79 Å². The molecule has 5 nitrogen and oxygen atoms in total. The normalized spacial score (nSPS) is 31.6. The van der Waals surface area contributed by atoms with Crippen molar-refractivity contribution in [3.63, 3.8) is 0 Å². The predicted octanol–water partition coefficient (Wildman–Crippen LogP) is 0.543. The second-order valence-electron chi connectivity index (χ2n) is 6.67. The number of piperidine rings is 1. The van der Waals surface area contributed by atoms with E-state index >= 15 is 0 Å². The van der Waals surface area contributed by atoms with Crippen molar-refractivity contribution in [1.29, 1.82) is 0 Å². The van der Waals surface area contributed by atoms with Gasteiger partial charge in [-0.2, -0.15) is 0 Å². The number of nitrogens with one attached hydrogen (secondary N) is 2. The highest BCUT2D eigenvalue weighted by atomic mass is 16.5.